The molecule has 0 unspecified atom stereocenters. The highest BCUT2D eigenvalue weighted by Crippen LogP contribution is 2.15. The van der Waals surface area contributed by atoms with E-state index in [1.54, 1.807) is 27.8 Å². The van der Waals surface area contributed by atoms with Gasteiger partial charge in [-0.05, 0) is 51.6 Å². The van der Waals surface area contributed by atoms with Crippen LogP contribution in [0.2, 0.25) is 0 Å². The Morgan fingerprint density at radius 2 is 1.69 bits per heavy atom. The van der Waals surface area contributed by atoms with Crippen molar-refractivity contribution < 1.29 is 19.1 Å². The molecule has 2 amide bonds. The molecule has 32 heavy (non-hydrogen) atoms. The molecule has 0 bridgehead atoms. The number of ether oxygens (including phenoxy) is 1. The fourth-order valence-corrected chi connectivity index (χ4v) is 3.43. The SMILES string of the molecule is CC(C)C[C@H](N[C@H](CCN)C(=O)OC(C)(C)C)C(=O)N(C)[C@@H](Cc1ccccc1)C(N)=O. The molecular weight excluding hydrogens is 408 g/mol. The number of hydrogen-bond acceptors (Lipinski definition) is 6. The number of rotatable bonds is 12. The molecule has 0 heterocycles. The van der Waals surface area contributed by atoms with Crippen molar-refractivity contribution in [1.29, 1.82) is 0 Å². The molecule has 0 aromatic heterocycles. The average Bonchev–Trinajstić information content (AvgIpc) is 2.69. The highest BCUT2D eigenvalue weighted by atomic mass is 16.6. The van der Waals surface area contributed by atoms with Crippen LogP contribution in [0.15, 0.2) is 30.3 Å². The second-order valence-corrected chi connectivity index (χ2v) is 9.57. The van der Waals surface area contributed by atoms with Gasteiger partial charge in [0.25, 0.3) is 0 Å². The average molecular weight is 449 g/mol. The molecular formula is C24H40N4O4. The van der Waals surface area contributed by atoms with E-state index in [4.69, 9.17) is 16.2 Å². The van der Waals surface area contributed by atoms with Gasteiger partial charge in [0.05, 0.1) is 6.04 Å². The lowest BCUT2D eigenvalue weighted by Gasteiger charge is -2.33. The number of primary amides is 1. The number of hydrogen-bond donors (Lipinski definition) is 3. The van der Waals surface area contributed by atoms with Crippen molar-refractivity contribution in [1.82, 2.24) is 10.2 Å². The number of carbonyl (C=O) groups is 3. The summed E-state index contributed by atoms with van der Waals surface area (Å²) >= 11 is 0. The van der Waals surface area contributed by atoms with Crippen LogP contribution in [-0.4, -0.2) is 60.0 Å². The maximum atomic E-state index is 13.4. The van der Waals surface area contributed by atoms with Crippen molar-refractivity contribution in [2.75, 3.05) is 13.6 Å². The first kappa shape index (κ1) is 27.6. The van der Waals surface area contributed by atoms with E-state index in [1.165, 1.54) is 4.90 Å². The fraction of sp³-hybridized carbons (Fsp3) is 0.625. The highest BCUT2D eigenvalue weighted by molar-refractivity contribution is 5.89. The van der Waals surface area contributed by atoms with Crippen LogP contribution >= 0.6 is 0 Å². The van der Waals surface area contributed by atoms with Crippen molar-refractivity contribution in [3.63, 3.8) is 0 Å². The predicted molar refractivity (Wildman–Crippen MR) is 126 cm³/mol. The van der Waals surface area contributed by atoms with E-state index in [-0.39, 0.29) is 18.4 Å². The van der Waals surface area contributed by atoms with Gasteiger partial charge in [0.1, 0.15) is 17.7 Å². The number of esters is 1. The monoisotopic (exact) mass is 448 g/mol. The number of nitrogens with one attached hydrogen (secondary N) is 1. The largest absolute Gasteiger partial charge is 0.459 e. The molecule has 0 aliphatic heterocycles. The molecule has 0 saturated carbocycles. The summed E-state index contributed by atoms with van der Waals surface area (Å²) in [5.41, 5.74) is 11.6. The van der Waals surface area contributed by atoms with E-state index >= 15 is 0 Å². The highest BCUT2D eigenvalue weighted by Gasteiger charge is 2.34. The summed E-state index contributed by atoms with van der Waals surface area (Å²) in [6, 6.07) is 7.16. The zero-order valence-electron chi connectivity index (χ0n) is 20.3. The van der Waals surface area contributed by atoms with Crippen molar-refractivity contribution in [3.05, 3.63) is 35.9 Å². The minimum Gasteiger partial charge on any atom is -0.459 e. The van der Waals surface area contributed by atoms with E-state index < -0.39 is 35.6 Å². The van der Waals surface area contributed by atoms with Crippen molar-refractivity contribution in [2.45, 2.75) is 77.6 Å². The molecule has 0 aliphatic carbocycles. The molecule has 0 aliphatic rings. The number of benzene rings is 1. The van der Waals surface area contributed by atoms with Crippen LogP contribution in [0.1, 0.15) is 53.0 Å². The molecule has 0 radical (unpaired) electrons. The summed E-state index contributed by atoms with van der Waals surface area (Å²) in [4.78, 5) is 39.7. The van der Waals surface area contributed by atoms with E-state index in [0.717, 1.165) is 5.56 Å². The van der Waals surface area contributed by atoms with Gasteiger partial charge in [-0.15, -0.1) is 0 Å². The van der Waals surface area contributed by atoms with Crippen LogP contribution < -0.4 is 16.8 Å². The van der Waals surface area contributed by atoms with Gasteiger partial charge in [-0.3, -0.25) is 19.7 Å². The molecule has 1 aromatic carbocycles. The van der Waals surface area contributed by atoms with E-state index in [1.807, 2.05) is 44.2 Å². The van der Waals surface area contributed by atoms with Crippen LogP contribution in [0.3, 0.4) is 0 Å². The summed E-state index contributed by atoms with van der Waals surface area (Å²) in [5, 5.41) is 3.15. The molecule has 0 spiro atoms. The number of nitrogens with two attached hydrogens (primary N) is 2. The summed E-state index contributed by atoms with van der Waals surface area (Å²) in [7, 11) is 1.57. The summed E-state index contributed by atoms with van der Waals surface area (Å²) in [6.45, 7) is 9.60. The minimum atomic E-state index is -0.809. The lowest BCUT2D eigenvalue weighted by Crippen LogP contribution is -2.57. The summed E-state index contributed by atoms with van der Waals surface area (Å²) in [6.07, 6.45) is 1.11. The van der Waals surface area contributed by atoms with Gasteiger partial charge < -0.3 is 21.1 Å². The van der Waals surface area contributed by atoms with Gasteiger partial charge in [-0.1, -0.05) is 44.2 Å². The standard InChI is InChI=1S/C24H40N4O4/c1-16(2)14-19(27-18(12-13-25)23(31)32-24(3,4)5)22(30)28(6)20(21(26)29)15-17-10-8-7-9-11-17/h7-11,16,18-20,27H,12-15,25H2,1-6H3,(H2,26,29)/t18-,19+,20+/m1/s1. The van der Waals surface area contributed by atoms with Gasteiger partial charge in [0, 0.05) is 13.5 Å². The topological polar surface area (TPSA) is 128 Å². The lowest BCUT2D eigenvalue weighted by atomic mass is 9.99. The summed E-state index contributed by atoms with van der Waals surface area (Å²) < 4.78 is 5.51. The summed E-state index contributed by atoms with van der Waals surface area (Å²) in [5.74, 6) is -1.17. The molecule has 1 aromatic rings. The van der Waals surface area contributed by atoms with Crippen molar-refractivity contribution in [2.24, 2.45) is 17.4 Å². The zero-order chi connectivity index (χ0) is 24.5. The molecule has 0 fully saturated rings. The Morgan fingerprint density at radius 1 is 1.09 bits per heavy atom. The number of carbonyl (C=O) groups excluding carboxylic acids is 3. The Morgan fingerprint density at radius 3 is 2.16 bits per heavy atom. The Balaban J connectivity index is 3.09. The molecule has 0 saturated heterocycles. The molecule has 8 nitrogen and oxygen atoms in total. The van der Waals surface area contributed by atoms with Crippen LogP contribution in [0.25, 0.3) is 0 Å². The Bertz CT molecular complexity index is 746. The van der Waals surface area contributed by atoms with E-state index in [0.29, 0.717) is 19.3 Å². The smallest absolute Gasteiger partial charge is 0.323 e. The first-order chi connectivity index (χ1) is 14.9. The van der Waals surface area contributed by atoms with Gasteiger partial charge in [0.15, 0.2) is 0 Å². The maximum Gasteiger partial charge on any atom is 0.323 e. The van der Waals surface area contributed by atoms with Crippen molar-refractivity contribution in [3.8, 4) is 0 Å². The normalized spacial score (nSPS) is 14.5. The zero-order valence-corrected chi connectivity index (χ0v) is 20.3. The van der Waals surface area contributed by atoms with Gasteiger partial charge in [0.2, 0.25) is 11.8 Å². The third kappa shape index (κ3) is 9.36. The van der Waals surface area contributed by atoms with Crippen LogP contribution in [0.4, 0.5) is 0 Å². The van der Waals surface area contributed by atoms with Gasteiger partial charge in [-0.2, -0.15) is 0 Å². The molecule has 1 rings (SSSR count). The molecule has 5 N–H and O–H groups in total. The quantitative estimate of drug-likeness (QED) is 0.417. The number of likely N-dealkylation sites (N-methyl/N-ethyl adjacent to an activating group) is 1. The lowest BCUT2D eigenvalue weighted by molar-refractivity contribution is -0.158. The predicted octanol–water partition coefficient (Wildman–Crippen LogP) is 1.60. The number of amides is 2. The Hall–Kier alpha value is -2.45. The first-order valence-corrected chi connectivity index (χ1v) is 11.1. The third-order valence-electron chi connectivity index (χ3n) is 4.97. The first-order valence-electron chi connectivity index (χ1n) is 11.1. The Labute approximate surface area is 192 Å². The van der Waals surface area contributed by atoms with Gasteiger partial charge >= 0.3 is 5.97 Å². The maximum absolute atomic E-state index is 13.4. The van der Waals surface area contributed by atoms with Gasteiger partial charge in [-0.25, -0.2) is 0 Å². The molecule has 8 heteroatoms. The Kier molecular flexibility index (Phi) is 10.8. The van der Waals surface area contributed by atoms with Crippen molar-refractivity contribution >= 4 is 17.8 Å². The second-order valence-electron chi connectivity index (χ2n) is 9.57. The van der Waals surface area contributed by atoms with Crippen LogP contribution in [-0.2, 0) is 25.5 Å². The van der Waals surface area contributed by atoms with E-state index in [9.17, 15) is 14.4 Å². The van der Waals surface area contributed by atoms with Crippen LogP contribution in [0.5, 0.6) is 0 Å². The second kappa shape index (κ2) is 12.6. The third-order valence-corrected chi connectivity index (χ3v) is 4.97. The minimum absolute atomic E-state index is 0.170. The fourth-order valence-electron chi connectivity index (χ4n) is 3.43. The molecule has 180 valence electrons. The molecule has 3 atom stereocenters. The van der Waals surface area contributed by atoms with Crippen LogP contribution in [0, 0.1) is 5.92 Å². The number of nitrogens with zero attached hydrogens (tertiary/aromatic N) is 1. The van der Waals surface area contributed by atoms with E-state index in [2.05, 4.69) is 5.32 Å².